The minimum absolute atomic E-state index is 0.0927. The summed E-state index contributed by atoms with van der Waals surface area (Å²) in [6.45, 7) is 3.10. The van der Waals surface area contributed by atoms with Gasteiger partial charge in [-0.05, 0) is 25.1 Å². The lowest BCUT2D eigenvalue weighted by Gasteiger charge is -2.23. The van der Waals surface area contributed by atoms with Crippen LogP contribution in [0.2, 0.25) is 0 Å². The second-order valence-electron chi connectivity index (χ2n) is 4.21. The van der Waals surface area contributed by atoms with Crippen LogP contribution < -0.4 is 4.90 Å². The predicted octanol–water partition coefficient (Wildman–Crippen LogP) is 3.03. The molecule has 0 saturated carbocycles. The highest BCUT2D eigenvalue weighted by Gasteiger charge is 2.15. The molecule has 1 aromatic heterocycles. The maximum absolute atomic E-state index is 11.2. The average molecular weight is 274 g/mol. The third-order valence-corrected chi connectivity index (χ3v) is 3.00. The average Bonchev–Trinajstić information content (AvgIpc) is 2.97. The Hall–Kier alpha value is -2.63. The van der Waals surface area contributed by atoms with E-state index >= 15 is 0 Å². The number of nitrogens with zero attached hydrogens (tertiary/aromatic N) is 2. The number of hydrogen-bond donors (Lipinski definition) is 0. The molecule has 0 spiro atoms. The third-order valence-electron chi connectivity index (χ3n) is 3.00. The van der Waals surface area contributed by atoms with Gasteiger partial charge in [0.1, 0.15) is 5.76 Å². The first-order chi connectivity index (χ1) is 9.65. The number of hydrogen-bond acceptors (Lipinski definition) is 5. The summed E-state index contributed by atoms with van der Waals surface area (Å²) in [7, 11) is 0. The summed E-state index contributed by atoms with van der Waals surface area (Å²) in [5.74, 6) is 0.766. The van der Waals surface area contributed by atoms with Crippen LogP contribution in [0, 0.1) is 10.1 Å². The van der Waals surface area contributed by atoms with Crippen LogP contribution in [0.3, 0.4) is 0 Å². The number of carbonyl (C=O) groups excluding carboxylic acids is 1. The van der Waals surface area contributed by atoms with E-state index in [0.717, 1.165) is 5.76 Å². The van der Waals surface area contributed by atoms with Crippen molar-refractivity contribution in [3.05, 3.63) is 58.0 Å². The molecular weight excluding hydrogens is 260 g/mol. The number of non-ortho nitro benzene ring substituents is 1. The van der Waals surface area contributed by atoms with Crippen LogP contribution in [0.5, 0.6) is 0 Å². The monoisotopic (exact) mass is 274 g/mol. The van der Waals surface area contributed by atoms with E-state index in [1.54, 1.807) is 18.4 Å². The molecule has 1 heterocycles. The summed E-state index contributed by atoms with van der Waals surface area (Å²) >= 11 is 0. The molecule has 0 amide bonds. The van der Waals surface area contributed by atoms with Crippen molar-refractivity contribution < 1.29 is 14.1 Å². The number of benzene rings is 1. The van der Waals surface area contributed by atoms with Gasteiger partial charge in [0.05, 0.1) is 17.7 Å². The number of aldehydes is 1. The van der Waals surface area contributed by atoms with Crippen molar-refractivity contribution in [1.29, 1.82) is 0 Å². The number of nitro benzene ring substituents is 1. The molecule has 1 aromatic carbocycles. The molecule has 0 aliphatic heterocycles. The lowest BCUT2D eigenvalue weighted by Crippen LogP contribution is -2.23. The van der Waals surface area contributed by atoms with Crippen LogP contribution in [0.25, 0.3) is 0 Å². The summed E-state index contributed by atoms with van der Waals surface area (Å²) in [6, 6.07) is 7.91. The van der Waals surface area contributed by atoms with E-state index in [2.05, 4.69) is 0 Å². The highest BCUT2D eigenvalue weighted by atomic mass is 16.6. The van der Waals surface area contributed by atoms with Gasteiger partial charge in [-0.3, -0.25) is 14.9 Å². The van der Waals surface area contributed by atoms with Crippen LogP contribution in [-0.2, 0) is 6.54 Å². The largest absolute Gasteiger partial charge is 0.467 e. The van der Waals surface area contributed by atoms with Crippen LogP contribution in [-0.4, -0.2) is 17.8 Å². The van der Waals surface area contributed by atoms with Crippen LogP contribution in [0.4, 0.5) is 11.4 Å². The van der Waals surface area contributed by atoms with Gasteiger partial charge in [0.15, 0.2) is 6.29 Å². The van der Waals surface area contributed by atoms with Gasteiger partial charge in [0.2, 0.25) is 0 Å². The molecule has 6 nitrogen and oxygen atoms in total. The minimum atomic E-state index is -0.514. The highest BCUT2D eigenvalue weighted by molar-refractivity contribution is 5.85. The van der Waals surface area contributed by atoms with Gasteiger partial charge in [0.25, 0.3) is 5.69 Å². The Morgan fingerprint density at radius 1 is 1.40 bits per heavy atom. The normalized spacial score (nSPS) is 10.2. The lowest BCUT2D eigenvalue weighted by atomic mass is 10.1. The maximum atomic E-state index is 11.2. The molecule has 0 aliphatic carbocycles. The quantitative estimate of drug-likeness (QED) is 0.459. The van der Waals surface area contributed by atoms with Gasteiger partial charge >= 0.3 is 0 Å². The van der Waals surface area contributed by atoms with Gasteiger partial charge in [-0.1, -0.05) is 0 Å². The van der Waals surface area contributed by atoms with Crippen LogP contribution in [0.1, 0.15) is 23.0 Å². The molecule has 20 heavy (non-hydrogen) atoms. The third kappa shape index (κ3) is 2.85. The topological polar surface area (TPSA) is 76.6 Å². The molecule has 0 atom stereocenters. The highest BCUT2D eigenvalue weighted by Crippen LogP contribution is 2.25. The lowest BCUT2D eigenvalue weighted by molar-refractivity contribution is -0.384. The van der Waals surface area contributed by atoms with Crippen molar-refractivity contribution in [2.75, 3.05) is 11.4 Å². The number of nitro groups is 1. The summed E-state index contributed by atoms with van der Waals surface area (Å²) in [5, 5.41) is 10.7. The maximum Gasteiger partial charge on any atom is 0.270 e. The fraction of sp³-hybridized carbons (Fsp3) is 0.214. The molecule has 0 bridgehead atoms. The number of anilines is 1. The number of rotatable bonds is 6. The van der Waals surface area contributed by atoms with Crippen LogP contribution >= 0.6 is 0 Å². The SMILES string of the molecule is CCN(Cc1ccco1)c1ccc([N+](=O)[O-])cc1C=O. The zero-order valence-electron chi connectivity index (χ0n) is 11.0. The fourth-order valence-electron chi connectivity index (χ4n) is 2.00. The molecule has 0 saturated heterocycles. The van der Waals surface area contributed by atoms with Gasteiger partial charge in [-0.25, -0.2) is 0 Å². The van der Waals surface area contributed by atoms with Crippen molar-refractivity contribution in [3.8, 4) is 0 Å². The molecule has 0 radical (unpaired) electrons. The molecule has 0 aliphatic rings. The molecule has 104 valence electrons. The van der Waals surface area contributed by atoms with E-state index in [0.29, 0.717) is 30.6 Å². The molecule has 2 aromatic rings. The second kappa shape index (κ2) is 6.01. The standard InChI is InChI=1S/C14H14N2O4/c1-2-15(9-13-4-3-7-20-13)14-6-5-12(16(18)19)8-11(14)10-17/h3-8,10H,2,9H2,1H3. The van der Waals surface area contributed by atoms with Crippen molar-refractivity contribution in [2.24, 2.45) is 0 Å². The van der Waals surface area contributed by atoms with E-state index in [4.69, 9.17) is 4.42 Å². The predicted molar refractivity (Wildman–Crippen MR) is 73.9 cm³/mol. The second-order valence-corrected chi connectivity index (χ2v) is 4.21. The number of furan rings is 1. The van der Waals surface area contributed by atoms with Crippen molar-refractivity contribution in [3.63, 3.8) is 0 Å². The minimum Gasteiger partial charge on any atom is -0.467 e. The summed E-state index contributed by atoms with van der Waals surface area (Å²) in [5.41, 5.74) is 0.863. The first kappa shape index (κ1) is 13.8. The Morgan fingerprint density at radius 3 is 2.75 bits per heavy atom. The van der Waals surface area contributed by atoms with E-state index in [1.165, 1.54) is 12.1 Å². The van der Waals surface area contributed by atoms with Crippen molar-refractivity contribution in [1.82, 2.24) is 0 Å². The van der Waals surface area contributed by atoms with E-state index < -0.39 is 4.92 Å². The first-order valence-corrected chi connectivity index (χ1v) is 6.16. The van der Waals surface area contributed by atoms with Gasteiger partial charge in [-0.2, -0.15) is 0 Å². The first-order valence-electron chi connectivity index (χ1n) is 6.16. The summed E-state index contributed by atoms with van der Waals surface area (Å²) in [6.07, 6.45) is 2.22. The van der Waals surface area contributed by atoms with E-state index in [1.807, 2.05) is 17.9 Å². The summed E-state index contributed by atoms with van der Waals surface area (Å²) in [4.78, 5) is 23.3. The van der Waals surface area contributed by atoms with Crippen LogP contribution in [0.15, 0.2) is 41.0 Å². The molecule has 0 N–H and O–H groups in total. The molecule has 0 unspecified atom stereocenters. The Bertz CT molecular complexity index is 608. The fourth-order valence-corrected chi connectivity index (χ4v) is 2.00. The Labute approximate surface area is 115 Å². The molecule has 0 fully saturated rings. The van der Waals surface area contributed by atoms with Gasteiger partial charge in [0, 0.05) is 29.9 Å². The van der Waals surface area contributed by atoms with Gasteiger partial charge in [-0.15, -0.1) is 0 Å². The smallest absolute Gasteiger partial charge is 0.270 e. The van der Waals surface area contributed by atoms with E-state index in [9.17, 15) is 14.9 Å². The van der Waals surface area contributed by atoms with E-state index in [-0.39, 0.29) is 5.69 Å². The zero-order chi connectivity index (χ0) is 14.5. The van der Waals surface area contributed by atoms with Gasteiger partial charge < -0.3 is 9.32 Å². The molecular formula is C14H14N2O4. The van der Waals surface area contributed by atoms with Crippen molar-refractivity contribution in [2.45, 2.75) is 13.5 Å². The van der Waals surface area contributed by atoms with Crippen molar-refractivity contribution >= 4 is 17.7 Å². The Balaban J connectivity index is 2.33. The summed E-state index contributed by atoms with van der Waals surface area (Å²) < 4.78 is 5.28. The Kier molecular flexibility index (Phi) is 4.14. The number of carbonyl (C=O) groups is 1. The zero-order valence-corrected chi connectivity index (χ0v) is 11.0. The Morgan fingerprint density at radius 2 is 2.20 bits per heavy atom. The molecule has 2 rings (SSSR count). The molecule has 6 heteroatoms.